The minimum Gasteiger partial charge on any atom is -0.436 e. The van der Waals surface area contributed by atoms with Gasteiger partial charge in [0.05, 0.1) is 6.04 Å². The Morgan fingerprint density at radius 2 is 1.77 bits per heavy atom. The molecule has 44 heavy (non-hydrogen) atoms. The van der Waals surface area contributed by atoms with Gasteiger partial charge < -0.3 is 13.9 Å². The van der Waals surface area contributed by atoms with E-state index in [-0.39, 0.29) is 17.4 Å². The predicted octanol–water partition coefficient (Wildman–Crippen LogP) is 3.61. The molecule has 1 saturated heterocycles. The van der Waals surface area contributed by atoms with E-state index in [4.69, 9.17) is 4.42 Å². The standard InChI is InChI=1S/C29H25F2N11O2/c1-39-17-33-36-26(39)19-7-8-23-21(15-19)34-27(44-23)20-9-10-32-22(16-20)28(43)41-13-11-40(12-14-41)24(18-5-3-2-4-6-18)25-35-38-42(37-25)29(30)31/h2-10,15-17,24,29H,11-14H2,1H3/t24-/m1/s1. The normalized spacial score (nSPS) is 14.9. The van der Waals surface area contributed by atoms with Crippen molar-refractivity contribution in [2.45, 2.75) is 12.6 Å². The van der Waals surface area contributed by atoms with Gasteiger partial charge in [-0.05, 0) is 41.1 Å². The van der Waals surface area contributed by atoms with Crippen molar-refractivity contribution in [2.24, 2.45) is 7.05 Å². The fourth-order valence-electron chi connectivity index (χ4n) is 5.35. The highest BCUT2D eigenvalue weighted by Crippen LogP contribution is 2.30. The van der Waals surface area contributed by atoms with Crippen molar-refractivity contribution in [1.82, 2.24) is 54.7 Å². The van der Waals surface area contributed by atoms with Crippen LogP contribution in [0.3, 0.4) is 0 Å². The Morgan fingerprint density at radius 1 is 0.955 bits per heavy atom. The molecule has 1 aliphatic rings. The van der Waals surface area contributed by atoms with E-state index in [0.717, 1.165) is 11.1 Å². The van der Waals surface area contributed by atoms with Crippen LogP contribution in [0.2, 0.25) is 0 Å². The summed E-state index contributed by atoms with van der Waals surface area (Å²) in [5.74, 6) is 1.02. The Labute approximate surface area is 248 Å². The van der Waals surface area contributed by atoms with Gasteiger partial charge in [-0.15, -0.1) is 20.4 Å². The van der Waals surface area contributed by atoms with E-state index in [1.807, 2.05) is 60.1 Å². The second kappa shape index (κ2) is 11.3. The second-order valence-electron chi connectivity index (χ2n) is 10.3. The van der Waals surface area contributed by atoms with Crippen LogP contribution in [0.1, 0.15) is 34.5 Å². The number of benzene rings is 2. The average molecular weight is 598 g/mol. The molecule has 6 aromatic rings. The minimum absolute atomic E-state index is 0.174. The fourth-order valence-corrected chi connectivity index (χ4v) is 5.35. The Kier molecular flexibility index (Phi) is 7.06. The van der Waals surface area contributed by atoms with Gasteiger partial charge >= 0.3 is 6.55 Å². The van der Waals surface area contributed by atoms with Crippen LogP contribution in [0, 0.1) is 0 Å². The maximum absolute atomic E-state index is 13.5. The second-order valence-corrected chi connectivity index (χ2v) is 10.3. The Bertz CT molecular complexity index is 1930. The highest BCUT2D eigenvalue weighted by molar-refractivity contribution is 5.93. The van der Waals surface area contributed by atoms with Crippen LogP contribution in [0.4, 0.5) is 8.78 Å². The fraction of sp³-hybridized carbons (Fsp3) is 0.241. The molecule has 1 amide bonds. The van der Waals surface area contributed by atoms with E-state index in [2.05, 4.69) is 40.5 Å². The van der Waals surface area contributed by atoms with Crippen LogP contribution in [-0.4, -0.2) is 86.8 Å². The molecule has 1 aliphatic heterocycles. The van der Waals surface area contributed by atoms with Crippen molar-refractivity contribution in [3.05, 3.63) is 90.3 Å². The number of hydrogen-bond donors (Lipinski definition) is 0. The summed E-state index contributed by atoms with van der Waals surface area (Å²) in [6.07, 6.45) is 3.19. The number of fused-ring (bicyclic) bond motifs is 1. The van der Waals surface area contributed by atoms with Crippen molar-refractivity contribution in [3.63, 3.8) is 0 Å². The summed E-state index contributed by atoms with van der Waals surface area (Å²) in [5.41, 5.74) is 3.83. The summed E-state index contributed by atoms with van der Waals surface area (Å²) in [6.45, 7) is -1.17. The molecule has 0 aliphatic carbocycles. The lowest BCUT2D eigenvalue weighted by molar-refractivity contribution is 0.0385. The van der Waals surface area contributed by atoms with E-state index in [1.54, 1.807) is 29.6 Å². The summed E-state index contributed by atoms with van der Waals surface area (Å²) in [4.78, 5) is 26.6. The van der Waals surface area contributed by atoms with E-state index < -0.39 is 12.6 Å². The highest BCUT2D eigenvalue weighted by Gasteiger charge is 2.32. The number of alkyl halides is 2. The third-order valence-electron chi connectivity index (χ3n) is 7.53. The van der Waals surface area contributed by atoms with Gasteiger partial charge in [-0.2, -0.15) is 8.78 Å². The number of rotatable bonds is 7. The van der Waals surface area contributed by atoms with Gasteiger partial charge in [0.15, 0.2) is 17.2 Å². The molecule has 0 spiro atoms. The molecule has 7 rings (SSSR count). The van der Waals surface area contributed by atoms with Gasteiger partial charge in [0, 0.05) is 50.6 Å². The molecule has 13 nitrogen and oxygen atoms in total. The SMILES string of the molecule is Cn1cnnc1-c1ccc2oc(-c3ccnc(C(=O)N4CCN([C@H](c5ccccc5)c5nnn(C(F)F)n5)CC4)c3)nc2c1. The molecular weight excluding hydrogens is 572 g/mol. The monoisotopic (exact) mass is 597 g/mol. The first-order valence-electron chi connectivity index (χ1n) is 13.8. The van der Waals surface area contributed by atoms with Crippen molar-refractivity contribution in [3.8, 4) is 22.8 Å². The first-order chi connectivity index (χ1) is 21.4. The average Bonchev–Trinajstić information content (AvgIpc) is 3.82. The van der Waals surface area contributed by atoms with Crippen molar-refractivity contribution in [1.29, 1.82) is 0 Å². The topological polar surface area (TPSA) is 137 Å². The molecule has 15 heteroatoms. The predicted molar refractivity (Wildman–Crippen MR) is 152 cm³/mol. The molecule has 1 fully saturated rings. The molecule has 5 heterocycles. The zero-order chi connectivity index (χ0) is 30.2. The maximum Gasteiger partial charge on any atom is 0.350 e. The van der Waals surface area contributed by atoms with Gasteiger partial charge in [-0.25, -0.2) is 4.98 Å². The third-order valence-corrected chi connectivity index (χ3v) is 7.53. The summed E-state index contributed by atoms with van der Waals surface area (Å²) in [7, 11) is 1.87. The molecule has 0 unspecified atom stereocenters. The van der Waals surface area contributed by atoms with Crippen LogP contribution >= 0.6 is 0 Å². The van der Waals surface area contributed by atoms with Gasteiger partial charge in [-0.3, -0.25) is 14.7 Å². The third kappa shape index (κ3) is 5.17. The van der Waals surface area contributed by atoms with Gasteiger partial charge in [0.1, 0.15) is 17.5 Å². The molecular formula is C29H25F2N11O2. The molecule has 2 aromatic carbocycles. The van der Waals surface area contributed by atoms with Crippen molar-refractivity contribution in [2.75, 3.05) is 26.2 Å². The molecule has 222 valence electrons. The quantitative estimate of drug-likeness (QED) is 0.268. The number of piperazine rings is 1. The zero-order valence-electron chi connectivity index (χ0n) is 23.4. The number of hydrogen-bond acceptors (Lipinski definition) is 10. The summed E-state index contributed by atoms with van der Waals surface area (Å²) >= 11 is 0. The molecule has 4 aromatic heterocycles. The first kappa shape index (κ1) is 27.4. The highest BCUT2D eigenvalue weighted by atomic mass is 19.3. The zero-order valence-corrected chi connectivity index (χ0v) is 23.4. The maximum atomic E-state index is 13.5. The number of aromatic nitrogens is 9. The van der Waals surface area contributed by atoms with Gasteiger partial charge in [-0.1, -0.05) is 35.1 Å². The number of tetrazole rings is 1. The van der Waals surface area contributed by atoms with Crippen molar-refractivity contribution < 1.29 is 18.0 Å². The molecule has 0 radical (unpaired) electrons. The molecule has 0 bridgehead atoms. The largest absolute Gasteiger partial charge is 0.436 e. The van der Waals surface area contributed by atoms with Crippen LogP contribution in [0.25, 0.3) is 33.9 Å². The number of pyridine rings is 1. The van der Waals surface area contributed by atoms with Gasteiger partial charge in [0.2, 0.25) is 5.89 Å². The lowest BCUT2D eigenvalue weighted by Gasteiger charge is -2.38. The number of amides is 1. The molecule has 0 saturated carbocycles. The van der Waals surface area contributed by atoms with Gasteiger partial charge in [0.25, 0.3) is 5.91 Å². The van der Waals surface area contributed by atoms with Crippen LogP contribution in [0.15, 0.2) is 77.6 Å². The summed E-state index contributed by atoms with van der Waals surface area (Å²) < 4.78 is 34.2. The van der Waals surface area contributed by atoms with E-state index in [1.165, 1.54) is 0 Å². The van der Waals surface area contributed by atoms with E-state index >= 15 is 0 Å². The summed E-state index contributed by atoms with van der Waals surface area (Å²) in [6, 6.07) is 17.9. The molecule has 1 atom stereocenters. The number of nitrogens with zero attached hydrogens (tertiary/aromatic N) is 11. The lowest BCUT2D eigenvalue weighted by Crippen LogP contribution is -2.50. The van der Waals surface area contributed by atoms with Crippen LogP contribution in [0.5, 0.6) is 0 Å². The number of carbonyl (C=O) groups excluding carboxylic acids is 1. The number of aryl methyl sites for hydroxylation is 1. The lowest BCUT2D eigenvalue weighted by atomic mass is 10.0. The Hall–Kier alpha value is -5.44. The Morgan fingerprint density at radius 3 is 2.50 bits per heavy atom. The first-order valence-corrected chi connectivity index (χ1v) is 13.8. The number of halogens is 2. The van der Waals surface area contributed by atoms with E-state index in [9.17, 15) is 13.6 Å². The van der Waals surface area contributed by atoms with E-state index in [0.29, 0.717) is 59.4 Å². The van der Waals surface area contributed by atoms with Crippen molar-refractivity contribution >= 4 is 17.0 Å². The summed E-state index contributed by atoms with van der Waals surface area (Å²) in [5, 5.41) is 19.4. The number of oxazole rings is 1. The van der Waals surface area contributed by atoms with Crippen LogP contribution in [-0.2, 0) is 7.05 Å². The smallest absolute Gasteiger partial charge is 0.350 e. The minimum atomic E-state index is -2.89. The van der Waals surface area contributed by atoms with Crippen LogP contribution < -0.4 is 0 Å². The molecule has 0 N–H and O–H groups in total. The number of carbonyl (C=O) groups is 1. The Balaban J connectivity index is 1.08.